The third-order valence-electron chi connectivity index (χ3n) is 2.25. The van der Waals surface area contributed by atoms with Crippen LogP contribution in [0.3, 0.4) is 0 Å². The molecule has 0 aliphatic heterocycles. The van der Waals surface area contributed by atoms with Gasteiger partial charge < -0.3 is 10.2 Å². The monoisotopic (exact) mass is 218 g/mol. The van der Waals surface area contributed by atoms with Gasteiger partial charge in [0, 0.05) is 13.1 Å². The first-order valence-corrected chi connectivity index (χ1v) is 5.35. The van der Waals surface area contributed by atoms with Gasteiger partial charge in [0.1, 0.15) is 0 Å². The topological polar surface area (TPSA) is 32.3 Å². The van der Waals surface area contributed by atoms with Gasteiger partial charge in [-0.2, -0.15) is 0 Å². The van der Waals surface area contributed by atoms with Gasteiger partial charge in [-0.25, -0.2) is 0 Å². The number of carbonyl (C=O) groups excluding carboxylic acids is 1. The number of nitrogens with zero attached hydrogens (tertiary/aromatic N) is 1. The minimum absolute atomic E-state index is 0.0891. The zero-order valence-electron chi connectivity index (χ0n) is 9.65. The molecule has 3 heteroatoms. The van der Waals surface area contributed by atoms with Gasteiger partial charge in [0.2, 0.25) is 5.91 Å². The lowest BCUT2D eigenvalue weighted by Crippen LogP contribution is -2.36. The molecule has 0 radical (unpaired) electrons. The van der Waals surface area contributed by atoms with Gasteiger partial charge in [0.25, 0.3) is 0 Å². The maximum Gasteiger partial charge on any atom is 0.237 e. The molecule has 0 atom stereocenters. The summed E-state index contributed by atoms with van der Waals surface area (Å²) in [5, 5.41) is 2.87. The first-order chi connectivity index (χ1) is 7.77. The molecule has 86 valence electrons. The minimum Gasteiger partial charge on any atom is -0.334 e. The van der Waals surface area contributed by atoms with Crippen molar-refractivity contribution in [3.63, 3.8) is 0 Å². The van der Waals surface area contributed by atoms with E-state index in [1.807, 2.05) is 30.3 Å². The van der Waals surface area contributed by atoms with E-state index in [0.29, 0.717) is 19.6 Å². The number of carbonyl (C=O) groups is 1. The van der Waals surface area contributed by atoms with Gasteiger partial charge in [0.05, 0.1) is 6.54 Å². The lowest BCUT2D eigenvalue weighted by Gasteiger charge is -2.21. The second-order valence-corrected chi connectivity index (χ2v) is 3.58. The van der Waals surface area contributed by atoms with Crippen LogP contribution in [0.15, 0.2) is 43.0 Å². The van der Waals surface area contributed by atoms with Gasteiger partial charge in [-0.05, 0) is 12.6 Å². The van der Waals surface area contributed by atoms with Crippen molar-refractivity contribution in [2.24, 2.45) is 0 Å². The summed E-state index contributed by atoms with van der Waals surface area (Å²) in [6.07, 6.45) is 1.75. The quantitative estimate of drug-likeness (QED) is 0.732. The van der Waals surface area contributed by atoms with Gasteiger partial charge >= 0.3 is 0 Å². The Kier molecular flexibility index (Phi) is 5.29. The van der Waals surface area contributed by atoms with Crippen LogP contribution >= 0.6 is 0 Å². The summed E-state index contributed by atoms with van der Waals surface area (Å²) in [4.78, 5) is 13.5. The molecular formula is C13H18N2O. The molecule has 1 aromatic carbocycles. The van der Waals surface area contributed by atoms with Crippen LogP contribution in [0.1, 0.15) is 5.56 Å². The normalized spacial score (nSPS) is 9.81. The fourth-order valence-corrected chi connectivity index (χ4v) is 1.48. The zero-order valence-corrected chi connectivity index (χ0v) is 9.65. The molecule has 0 unspecified atom stereocenters. The number of benzene rings is 1. The smallest absolute Gasteiger partial charge is 0.237 e. The number of nitrogens with one attached hydrogen (secondary N) is 1. The lowest BCUT2D eigenvalue weighted by atomic mass is 10.2. The van der Waals surface area contributed by atoms with E-state index in [0.717, 1.165) is 5.56 Å². The summed E-state index contributed by atoms with van der Waals surface area (Å²) < 4.78 is 0. The van der Waals surface area contributed by atoms with Crippen LogP contribution in [0.2, 0.25) is 0 Å². The van der Waals surface area contributed by atoms with Crippen LogP contribution in [0.5, 0.6) is 0 Å². The number of hydrogen-bond acceptors (Lipinski definition) is 2. The number of hydrogen-bond donors (Lipinski definition) is 1. The summed E-state index contributed by atoms with van der Waals surface area (Å²) in [6.45, 7) is 5.24. The standard InChI is InChI=1S/C13H18N2O/c1-3-9-15(13(16)10-14-2)11-12-7-5-4-6-8-12/h3-8,14H,1,9-11H2,2H3. The first kappa shape index (κ1) is 12.5. The van der Waals surface area contributed by atoms with Crippen molar-refractivity contribution in [1.29, 1.82) is 0 Å². The van der Waals surface area contributed by atoms with Gasteiger partial charge in [-0.15, -0.1) is 6.58 Å². The molecule has 0 saturated heterocycles. The summed E-state index contributed by atoms with van der Waals surface area (Å²) in [5.41, 5.74) is 1.13. The summed E-state index contributed by atoms with van der Waals surface area (Å²) in [6, 6.07) is 9.95. The van der Waals surface area contributed by atoms with Crippen LogP contribution in [0.4, 0.5) is 0 Å². The predicted molar refractivity (Wildman–Crippen MR) is 66.0 cm³/mol. The highest BCUT2D eigenvalue weighted by Crippen LogP contribution is 2.04. The first-order valence-electron chi connectivity index (χ1n) is 5.35. The molecule has 1 aromatic rings. The molecule has 0 aliphatic rings. The van der Waals surface area contributed by atoms with Gasteiger partial charge in [-0.1, -0.05) is 36.4 Å². The number of rotatable bonds is 6. The molecule has 0 aliphatic carbocycles. The van der Waals surface area contributed by atoms with Crippen LogP contribution in [0.25, 0.3) is 0 Å². The Morgan fingerprint density at radius 2 is 2.12 bits per heavy atom. The SMILES string of the molecule is C=CCN(Cc1ccccc1)C(=O)CNC. The van der Waals surface area contributed by atoms with Gasteiger partial charge in [-0.3, -0.25) is 4.79 Å². The van der Waals surface area contributed by atoms with Crippen molar-refractivity contribution in [2.45, 2.75) is 6.54 Å². The van der Waals surface area contributed by atoms with Crippen LogP contribution in [0, 0.1) is 0 Å². The van der Waals surface area contributed by atoms with Crippen molar-refractivity contribution < 1.29 is 4.79 Å². The van der Waals surface area contributed by atoms with E-state index in [9.17, 15) is 4.79 Å². The van der Waals surface area contributed by atoms with Crippen molar-refractivity contribution in [1.82, 2.24) is 10.2 Å². The fourth-order valence-electron chi connectivity index (χ4n) is 1.48. The van der Waals surface area contributed by atoms with E-state index >= 15 is 0 Å². The molecule has 1 N–H and O–H groups in total. The zero-order chi connectivity index (χ0) is 11.8. The Bertz CT molecular complexity index is 335. The summed E-state index contributed by atoms with van der Waals surface area (Å²) in [7, 11) is 1.77. The Morgan fingerprint density at radius 3 is 2.69 bits per heavy atom. The fraction of sp³-hybridized carbons (Fsp3) is 0.308. The average molecular weight is 218 g/mol. The lowest BCUT2D eigenvalue weighted by molar-refractivity contribution is -0.130. The highest BCUT2D eigenvalue weighted by molar-refractivity contribution is 5.78. The molecule has 0 saturated carbocycles. The van der Waals surface area contributed by atoms with E-state index in [-0.39, 0.29) is 5.91 Å². The molecular weight excluding hydrogens is 200 g/mol. The van der Waals surface area contributed by atoms with E-state index < -0.39 is 0 Å². The minimum atomic E-state index is 0.0891. The Hall–Kier alpha value is -1.61. The Labute approximate surface area is 96.8 Å². The van der Waals surface area contributed by atoms with E-state index in [4.69, 9.17) is 0 Å². The van der Waals surface area contributed by atoms with Crippen molar-refractivity contribution in [3.05, 3.63) is 48.6 Å². The van der Waals surface area contributed by atoms with Crippen LogP contribution < -0.4 is 5.32 Å². The molecule has 1 amide bonds. The van der Waals surface area contributed by atoms with E-state index in [1.165, 1.54) is 0 Å². The summed E-state index contributed by atoms with van der Waals surface area (Å²) >= 11 is 0. The Balaban J connectivity index is 2.64. The molecule has 0 spiro atoms. The second-order valence-electron chi connectivity index (χ2n) is 3.58. The maximum absolute atomic E-state index is 11.8. The summed E-state index contributed by atoms with van der Waals surface area (Å²) in [5.74, 6) is 0.0891. The van der Waals surface area contributed by atoms with Gasteiger partial charge in [0.15, 0.2) is 0 Å². The van der Waals surface area contributed by atoms with Crippen LogP contribution in [-0.2, 0) is 11.3 Å². The second kappa shape index (κ2) is 6.80. The van der Waals surface area contributed by atoms with E-state index in [1.54, 1.807) is 18.0 Å². The van der Waals surface area contributed by atoms with E-state index in [2.05, 4.69) is 11.9 Å². The maximum atomic E-state index is 11.8. The molecule has 0 aromatic heterocycles. The van der Waals surface area contributed by atoms with Crippen molar-refractivity contribution in [3.8, 4) is 0 Å². The molecule has 0 bridgehead atoms. The largest absolute Gasteiger partial charge is 0.334 e. The average Bonchev–Trinajstić information content (AvgIpc) is 2.30. The molecule has 0 heterocycles. The Morgan fingerprint density at radius 1 is 1.44 bits per heavy atom. The van der Waals surface area contributed by atoms with Crippen molar-refractivity contribution >= 4 is 5.91 Å². The highest BCUT2D eigenvalue weighted by atomic mass is 16.2. The molecule has 16 heavy (non-hydrogen) atoms. The van der Waals surface area contributed by atoms with Crippen LogP contribution in [-0.4, -0.2) is 30.9 Å². The third-order valence-corrected chi connectivity index (χ3v) is 2.25. The molecule has 1 rings (SSSR count). The molecule has 3 nitrogen and oxygen atoms in total. The predicted octanol–water partition coefficient (Wildman–Crippen LogP) is 1.42. The third kappa shape index (κ3) is 3.87. The number of amides is 1. The highest BCUT2D eigenvalue weighted by Gasteiger charge is 2.10. The molecule has 0 fully saturated rings. The number of likely N-dealkylation sites (N-methyl/N-ethyl adjacent to an activating group) is 1. The van der Waals surface area contributed by atoms with Crippen molar-refractivity contribution in [2.75, 3.05) is 20.1 Å².